The molecule has 0 aliphatic rings. The van der Waals surface area contributed by atoms with E-state index in [1.807, 2.05) is 12.1 Å². The summed E-state index contributed by atoms with van der Waals surface area (Å²) in [5.41, 5.74) is 1.66. The quantitative estimate of drug-likeness (QED) is 0.786. The van der Waals surface area contributed by atoms with Gasteiger partial charge in [-0.2, -0.15) is 0 Å². The molecule has 0 heterocycles. The molecule has 72 valence electrons. The number of aliphatic hydroxyl groups is 1. The van der Waals surface area contributed by atoms with Gasteiger partial charge < -0.3 is 10.2 Å². The van der Waals surface area contributed by atoms with Gasteiger partial charge in [0.2, 0.25) is 0 Å². The molecule has 0 atom stereocenters. The molecule has 0 aliphatic heterocycles. The molecule has 0 bridgehead atoms. The average molecular weight is 201 g/mol. The molecule has 0 unspecified atom stereocenters. The van der Waals surface area contributed by atoms with E-state index < -0.39 is 0 Å². The molecule has 0 radical (unpaired) electrons. The summed E-state index contributed by atoms with van der Waals surface area (Å²) in [6.07, 6.45) is 1.37. The first-order valence-corrected chi connectivity index (χ1v) is 4.62. The zero-order valence-electron chi connectivity index (χ0n) is 7.55. The number of hydrogen-bond acceptors (Lipinski definition) is 2. The van der Waals surface area contributed by atoms with Crippen LogP contribution in [0.25, 0.3) is 0 Å². The lowest BCUT2D eigenvalue weighted by Gasteiger charge is -2.06. The minimum Gasteiger partial charge on any atom is -0.506 e. The summed E-state index contributed by atoms with van der Waals surface area (Å²) in [6, 6.07) is 3.71. The third-order valence-corrected chi connectivity index (χ3v) is 2.42. The van der Waals surface area contributed by atoms with E-state index in [2.05, 4.69) is 0 Å². The van der Waals surface area contributed by atoms with Crippen molar-refractivity contribution in [3.05, 3.63) is 28.3 Å². The fourth-order valence-corrected chi connectivity index (χ4v) is 1.47. The third-order valence-electron chi connectivity index (χ3n) is 2.00. The van der Waals surface area contributed by atoms with Crippen molar-refractivity contribution in [2.24, 2.45) is 0 Å². The molecule has 2 N–H and O–H groups in total. The van der Waals surface area contributed by atoms with Gasteiger partial charge in [-0.05, 0) is 30.9 Å². The average Bonchev–Trinajstić information content (AvgIpc) is 2.13. The van der Waals surface area contributed by atoms with E-state index in [1.54, 1.807) is 6.92 Å². The molecule has 0 amide bonds. The van der Waals surface area contributed by atoms with Gasteiger partial charge in [0.05, 0.1) is 5.02 Å². The van der Waals surface area contributed by atoms with Crippen LogP contribution >= 0.6 is 11.6 Å². The van der Waals surface area contributed by atoms with Crippen LogP contribution < -0.4 is 0 Å². The maximum absolute atomic E-state index is 9.49. The first-order valence-electron chi connectivity index (χ1n) is 4.24. The molecule has 0 saturated heterocycles. The van der Waals surface area contributed by atoms with E-state index >= 15 is 0 Å². The standard InChI is InChI=1S/C10H13ClO2/c1-7-4-5-8(3-2-6-12)9(11)10(7)13/h4-5,12-13H,2-3,6H2,1H3. The Bertz CT molecular complexity index is 297. The van der Waals surface area contributed by atoms with Crippen LogP contribution in [0, 0.1) is 6.92 Å². The van der Waals surface area contributed by atoms with Crippen molar-refractivity contribution in [1.82, 2.24) is 0 Å². The van der Waals surface area contributed by atoms with E-state index in [1.165, 1.54) is 0 Å². The normalized spacial score (nSPS) is 10.4. The third kappa shape index (κ3) is 2.36. The number of benzene rings is 1. The summed E-state index contributed by atoms with van der Waals surface area (Å²) in [4.78, 5) is 0. The number of hydrogen-bond donors (Lipinski definition) is 2. The number of rotatable bonds is 3. The molecule has 0 aliphatic carbocycles. The topological polar surface area (TPSA) is 40.5 Å². The second-order valence-electron chi connectivity index (χ2n) is 3.03. The molecule has 0 fully saturated rings. The lowest BCUT2D eigenvalue weighted by Crippen LogP contribution is -1.91. The van der Waals surface area contributed by atoms with Crippen LogP contribution in [-0.4, -0.2) is 16.8 Å². The summed E-state index contributed by atoms with van der Waals surface area (Å²) < 4.78 is 0. The Hall–Kier alpha value is -0.730. The van der Waals surface area contributed by atoms with Crippen LogP contribution in [0.1, 0.15) is 17.5 Å². The summed E-state index contributed by atoms with van der Waals surface area (Å²) in [6.45, 7) is 1.95. The van der Waals surface area contributed by atoms with Crippen LogP contribution in [0.4, 0.5) is 0 Å². The van der Waals surface area contributed by atoms with E-state index in [-0.39, 0.29) is 12.4 Å². The molecular formula is C10H13ClO2. The van der Waals surface area contributed by atoms with E-state index in [0.717, 1.165) is 11.1 Å². The Kier molecular flexibility index (Phi) is 3.58. The van der Waals surface area contributed by atoms with Crippen LogP contribution in [0.2, 0.25) is 5.02 Å². The highest BCUT2D eigenvalue weighted by Crippen LogP contribution is 2.30. The van der Waals surface area contributed by atoms with Gasteiger partial charge in [0.15, 0.2) is 0 Å². The Morgan fingerprint density at radius 3 is 2.69 bits per heavy atom. The molecule has 2 nitrogen and oxygen atoms in total. The number of aromatic hydroxyl groups is 1. The molecule has 0 spiro atoms. The lowest BCUT2D eigenvalue weighted by molar-refractivity contribution is 0.288. The molecule has 0 aromatic heterocycles. The van der Waals surface area contributed by atoms with Gasteiger partial charge in [-0.1, -0.05) is 23.7 Å². The summed E-state index contributed by atoms with van der Waals surface area (Å²) in [5.74, 6) is 0.150. The van der Waals surface area contributed by atoms with Crippen molar-refractivity contribution in [1.29, 1.82) is 0 Å². The summed E-state index contributed by atoms with van der Waals surface area (Å²) >= 11 is 5.90. The molecule has 13 heavy (non-hydrogen) atoms. The SMILES string of the molecule is Cc1ccc(CCCO)c(Cl)c1O. The van der Waals surface area contributed by atoms with Gasteiger partial charge >= 0.3 is 0 Å². The second kappa shape index (κ2) is 4.49. The van der Waals surface area contributed by atoms with Crippen molar-refractivity contribution in [2.75, 3.05) is 6.61 Å². The fraction of sp³-hybridized carbons (Fsp3) is 0.400. The van der Waals surface area contributed by atoms with Gasteiger partial charge in [-0.15, -0.1) is 0 Å². The zero-order valence-corrected chi connectivity index (χ0v) is 8.30. The summed E-state index contributed by atoms with van der Waals surface area (Å²) in [7, 11) is 0. The van der Waals surface area contributed by atoms with Gasteiger partial charge in [0, 0.05) is 6.61 Å². The monoisotopic (exact) mass is 200 g/mol. The molecule has 3 heteroatoms. The predicted molar refractivity (Wildman–Crippen MR) is 53.3 cm³/mol. The van der Waals surface area contributed by atoms with Crippen molar-refractivity contribution in [2.45, 2.75) is 19.8 Å². The van der Waals surface area contributed by atoms with E-state index in [9.17, 15) is 5.11 Å². The zero-order chi connectivity index (χ0) is 9.84. The first kappa shape index (κ1) is 10.4. The Morgan fingerprint density at radius 1 is 1.38 bits per heavy atom. The molecular weight excluding hydrogens is 188 g/mol. The second-order valence-corrected chi connectivity index (χ2v) is 3.41. The molecule has 1 aromatic carbocycles. The summed E-state index contributed by atoms with van der Waals surface area (Å²) in [5, 5.41) is 18.5. The van der Waals surface area contributed by atoms with E-state index in [4.69, 9.17) is 16.7 Å². The molecule has 1 aromatic rings. The minimum absolute atomic E-state index is 0.144. The lowest BCUT2D eigenvalue weighted by atomic mass is 10.1. The number of halogens is 1. The van der Waals surface area contributed by atoms with Gasteiger partial charge in [0.25, 0.3) is 0 Å². The Labute approximate surface area is 82.8 Å². The number of phenols is 1. The number of phenolic OH excluding ortho intramolecular Hbond substituents is 1. The predicted octanol–water partition coefficient (Wildman–Crippen LogP) is 2.28. The smallest absolute Gasteiger partial charge is 0.137 e. The molecule has 1 rings (SSSR count). The van der Waals surface area contributed by atoms with Crippen molar-refractivity contribution >= 4 is 11.6 Å². The van der Waals surface area contributed by atoms with Crippen LogP contribution in [-0.2, 0) is 6.42 Å². The van der Waals surface area contributed by atoms with Crippen molar-refractivity contribution in [3.63, 3.8) is 0 Å². The van der Waals surface area contributed by atoms with Crippen LogP contribution in [0.5, 0.6) is 5.75 Å². The highest BCUT2D eigenvalue weighted by Gasteiger charge is 2.07. The number of aliphatic hydroxyl groups excluding tert-OH is 1. The van der Waals surface area contributed by atoms with Gasteiger partial charge in [-0.3, -0.25) is 0 Å². The molecule has 0 saturated carbocycles. The van der Waals surface area contributed by atoms with Gasteiger partial charge in [-0.25, -0.2) is 0 Å². The Balaban J connectivity index is 2.90. The van der Waals surface area contributed by atoms with Gasteiger partial charge in [0.1, 0.15) is 5.75 Å². The Morgan fingerprint density at radius 2 is 2.08 bits per heavy atom. The minimum atomic E-state index is 0.144. The number of aryl methyl sites for hydroxylation is 2. The van der Waals surface area contributed by atoms with Crippen molar-refractivity contribution < 1.29 is 10.2 Å². The van der Waals surface area contributed by atoms with Crippen LogP contribution in [0.15, 0.2) is 12.1 Å². The van der Waals surface area contributed by atoms with E-state index in [0.29, 0.717) is 17.9 Å². The maximum Gasteiger partial charge on any atom is 0.137 e. The maximum atomic E-state index is 9.49. The van der Waals surface area contributed by atoms with Crippen molar-refractivity contribution in [3.8, 4) is 5.75 Å². The fourth-order valence-electron chi connectivity index (χ4n) is 1.17. The highest BCUT2D eigenvalue weighted by molar-refractivity contribution is 6.32. The van der Waals surface area contributed by atoms with Crippen LogP contribution in [0.3, 0.4) is 0 Å². The largest absolute Gasteiger partial charge is 0.506 e. The first-order chi connectivity index (χ1) is 6.16. The highest BCUT2D eigenvalue weighted by atomic mass is 35.5.